The van der Waals surface area contributed by atoms with Crippen molar-refractivity contribution in [3.8, 4) is 0 Å². The van der Waals surface area contributed by atoms with Crippen molar-refractivity contribution in [3.05, 3.63) is 34.4 Å². The van der Waals surface area contributed by atoms with E-state index < -0.39 is 0 Å². The van der Waals surface area contributed by atoms with Gasteiger partial charge in [0.15, 0.2) is 0 Å². The summed E-state index contributed by atoms with van der Waals surface area (Å²) >= 11 is 0. The van der Waals surface area contributed by atoms with Crippen LogP contribution in [0.1, 0.15) is 43.0 Å². The highest BCUT2D eigenvalue weighted by Crippen LogP contribution is 2.23. The van der Waals surface area contributed by atoms with Crippen molar-refractivity contribution in [1.82, 2.24) is 19.8 Å². The number of amides is 1. The molecule has 2 aromatic rings. The maximum Gasteiger partial charge on any atom is 0.274 e. The molecule has 0 spiro atoms. The Morgan fingerprint density at radius 2 is 2.04 bits per heavy atom. The van der Waals surface area contributed by atoms with Gasteiger partial charge in [-0.1, -0.05) is 0 Å². The van der Waals surface area contributed by atoms with Gasteiger partial charge in [0.05, 0.1) is 5.56 Å². The fraction of sp³-hybridized carbons (Fsp3) is 0.556. The van der Waals surface area contributed by atoms with Crippen LogP contribution in [-0.4, -0.2) is 46.0 Å². The molecule has 0 aromatic carbocycles. The maximum atomic E-state index is 12.9. The van der Waals surface area contributed by atoms with Crippen LogP contribution in [0.4, 0.5) is 0 Å². The first-order valence-electron chi connectivity index (χ1n) is 8.57. The van der Waals surface area contributed by atoms with Crippen LogP contribution >= 0.6 is 0 Å². The smallest absolute Gasteiger partial charge is 0.274 e. The predicted octanol–water partition coefficient (Wildman–Crippen LogP) is 1.86. The standard InChI is InChI=1S/C18H26N4O2/c1-18(7-4-5-10-21(2)11-8-18)20-16(23)14-12-22(3)17(24)15-13(14)6-9-19-15/h6,9,12,19H,4-5,7-8,10-11H2,1-3H3,(H,20,23). The first-order valence-corrected chi connectivity index (χ1v) is 8.57. The van der Waals surface area contributed by atoms with E-state index in [9.17, 15) is 9.59 Å². The van der Waals surface area contributed by atoms with Crippen LogP contribution < -0.4 is 10.9 Å². The zero-order chi connectivity index (χ0) is 17.3. The molecule has 1 saturated heterocycles. The largest absolute Gasteiger partial charge is 0.357 e. The lowest BCUT2D eigenvalue weighted by atomic mass is 9.89. The van der Waals surface area contributed by atoms with Crippen LogP contribution in [0.5, 0.6) is 0 Å². The normalized spacial score (nSPS) is 23.0. The van der Waals surface area contributed by atoms with Gasteiger partial charge in [0.25, 0.3) is 11.5 Å². The van der Waals surface area contributed by atoms with Crippen molar-refractivity contribution in [2.75, 3.05) is 20.1 Å². The Hall–Kier alpha value is -2.08. The summed E-state index contributed by atoms with van der Waals surface area (Å²) in [5, 5.41) is 3.92. The summed E-state index contributed by atoms with van der Waals surface area (Å²) in [5.74, 6) is -0.110. The molecule has 1 unspecified atom stereocenters. The minimum Gasteiger partial charge on any atom is -0.357 e. The molecule has 0 saturated carbocycles. The van der Waals surface area contributed by atoms with Gasteiger partial charge in [-0.3, -0.25) is 9.59 Å². The Labute approximate surface area is 141 Å². The molecule has 0 aliphatic carbocycles. The molecular formula is C18H26N4O2. The zero-order valence-electron chi connectivity index (χ0n) is 14.7. The molecule has 1 aliphatic rings. The third kappa shape index (κ3) is 3.24. The summed E-state index contributed by atoms with van der Waals surface area (Å²) in [7, 11) is 3.80. The third-order valence-electron chi connectivity index (χ3n) is 5.12. The monoisotopic (exact) mass is 330 g/mol. The Morgan fingerprint density at radius 1 is 1.25 bits per heavy atom. The Morgan fingerprint density at radius 3 is 2.83 bits per heavy atom. The molecule has 130 valence electrons. The summed E-state index contributed by atoms with van der Waals surface area (Å²) < 4.78 is 1.46. The quantitative estimate of drug-likeness (QED) is 0.883. The lowest BCUT2D eigenvalue weighted by molar-refractivity contribution is 0.0881. The number of aryl methyl sites for hydroxylation is 1. The Bertz CT molecular complexity index is 807. The topological polar surface area (TPSA) is 70.1 Å². The predicted molar refractivity (Wildman–Crippen MR) is 95.4 cm³/mol. The minimum absolute atomic E-state index is 0.110. The number of carbonyl (C=O) groups is 1. The molecule has 0 radical (unpaired) electrons. The van der Waals surface area contributed by atoms with Crippen molar-refractivity contribution >= 4 is 16.8 Å². The molecule has 2 aromatic heterocycles. The molecule has 1 amide bonds. The SMILES string of the molecule is CN1CCCCC(C)(NC(=O)c2cn(C)c(=O)c3[nH]ccc23)CC1. The average Bonchev–Trinajstić information content (AvgIpc) is 3.01. The van der Waals surface area contributed by atoms with Crippen LogP contribution in [0.3, 0.4) is 0 Å². The number of rotatable bonds is 2. The van der Waals surface area contributed by atoms with Crippen molar-refractivity contribution in [2.24, 2.45) is 7.05 Å². The Kier molecular flexibility index (Phi) is 4.49. The first kappa shape index (κ1) is 16.8. The molecule has 6 nitrogen and oxygen atoms in total. The number of H-pyrrole nitrogens is 1. The van der Waals surface area contributed by atoms with Gasteiger partial charge in [-0.05, 0) is 52.3 Å². The molecule has 1 aliphatic heterocycles. The lowest BCUT2D eigenvalue weighted by Crippen LogP contribution is -2.49. The highest BCUT2D eigenvalue weighted by Gasteiger charge is 2.29. The third-order valence-corrected chi connectivity index (χ3v) is 5.12. The first-order chi connectivity index (χ1) is 11.4. The van der Waals surface area contributed by atoms with Crippen molar-refractivity contribution in [3.63, 3.8) is 0 Å². The molecule has 24 heavy (non-hydrogen) atoms. The van der Waals surface area contributed by atoms with Crippen molar-refractivity contribution in [2.45, 2.75) is 38.1 Å². The fourth-order valence-corrected chi connectivity index (χ4v) is 3.49. The summed E-state index contributed by atoms with van der Waals surface area (Å²) in [4.78, 5) is 30.3. The number of pyridine rings is 1. The van der Waals surface area contributed by atoms with E-state index in [4.69, 9.17) is 0 Å². The van der Waals surface area contributed by atoms with Gasteiger partial charge >= 0.3 is 0 Å². The number of carbonyl (C=O) groups excluding carboxylic acids is 1. The van der Waals surface area contributed by atoms with E-state index in [0.717, 1.165) is 38.8 Å². The second-order valence-electron chi connectivity index (χ2n) is 7.25. The van der Waals surface area contributed by atoms with Gasteiger partial charge in [0, 0.05) is 36.9 Å². The van der Waals surface area contributed by atoms with E-state index in [1.54, 1.807) is 25.5 Å². The molecular weight excluding hydrogens is 304 g/mol. The number of nitrogens with one attached hydrogen (secondary N) is 2. The highest BCUT2D eigenvalue weighted by atomic mass is 16.2. The van der Waals surface area contributed by atoms with Crippen molar-refractivity contribution in [1.29, 1.82) is 0 Å². The molecule has 1 fully saturated rings. The number of hydrogen-bond acceptors (Lipinski definition) is 3. The molecule has 3 heterocycles. The van der Waals surface area contributed by atoms with Gasteiger partial charge < -0.3 is 19.8 Å². The molecule has 6 heteroatoms. The minimum atomic E-state index is -0.219. The summed E-state index contributed by atoms with van der Waals surface area (Å²) in [6, 6.07) is 1.79. The van der Waals surface area contributed by atoms with Crippen molar-refractivity contribution < 1.29 is 4.79 Å². The second kappa shape index (κ2) is 6.43. The van der Waals surface area contributed by atoms with E-state index in [1.165, 1.54) is 4.57 Å². The average molecular weight is 330 g/mol. The van der Waals surface area contributed by atoms with Gasteiger partial charge in [-0.2, -0.15) is 0 Å². The van der Waals surface area contributed by atoms with E-state index >= 15 is 0 Å². The van der Waals surface area contributed by atoms with E-state index in [1.807, 2.05) is 0 Å². The lowest BCUT2D eigenvalue weighted by Gasteiger charge is -2.35. The number of fused-ring (bicyclic) bond motifs is 1. The van der Waals surface area contributed by atoms with Gasteiger partial charge in [0.1, 0.15) is 5.52 Å². The number of aromatic nitrogens is 2. The van der Waals surface area contributed by atoms with Crippen LogP contribution in [0.25, 0.3) is 10.9 Å². The summed E-state index contributed by atoms with van der Waals surface area (Å²) in [6.45, 7) is 4.22. The molecule has 0 bridgehead atoms. The molecule has 1 atom stereocenters. The molecule has 2 N–H and O–H groups in total. The number of nitrogens with zero attached hydrogens (tertiary/aromatic N) is 2. The van der Waals surface area contributed by atoms with Gasteiger partial charge in [0.2, 0.25) is 0 Å². The Balaban J connectivity index is 1.88. The number of aromatic amines is 1. The van der Waals surface area contributed by atoms with Crippen LogP contribution in [0.15, 0.2) is 23.3 Å². The zero-order valence-corrected chi connectivity index (χ0v) is 14.7. The van der Waals surface area contributed by atoms with E-state index in [2.05, 4.69) is 29.2 Å². The second-order valence-corrected chi connectivity index (χ2v) is 7.25. The highest BCUT2D eigenvalue weighted by molar-refractivity contribution is 6.06. The van der Waals surface area contributed by atoms with E-state index in [0.29, 0.717) is 16.5 Å². The maximum absolute atomic E-state index is 12.9. The van der Waals surface area contributed by atoms with E-state index in [-0.39, 0.29) is 17.0 Å². The van der Waals surface area contributed by atoms with Crippen LogP contribution in [0.2, 0.25) is 0 Å². The van der Waals surface area contributed by atoms with Gasteiger partial charge in [-0.15, -0.1) is 0 Å². The fourth-order valence-electron chi connectivity index (χ4n) is 3.49. The van der Waals surface area contributed by atoms with Crippen LogP contribution in [-0.2, 0) is 7.05 Å². The van der Waals surface area contributed by atoms with Gasteiger partial charge in [-0.25, -0.2) is 0 Å². The number of likely N-dealkylation sites (tertiary alicyclic amines) is 1. The number of hydrogen-bond donors (Lipinski definition) is 2. The summed E-state index contributed by atoms with van der Waals surface area (Å²) in [6.07, 6.45) is 7.51. The van der Waals surface area contributed by atoms with Crippen LogP contribution in [0, 0.1) is 0 Å². The molecule has 3 rings (SSSR count). The summed E-state index contributed by atoms with van der Waals surface area (Å²) in [5.41, 5.74) is 0.686.